The van der Waals surface area contributed by atoms with E-state index in [0.29, 0.717) is 17.2 Å². The number of para-hydroxylation sites is 1. The largest absolute Gasteiger partial charge is 0.453 e. The highest BCUT2D eigenvalue weighted by Crippen LogP contribution is 2.28. The van der Waals surface area contributed by atoms with E-state index in [1.54, 1.807) is 32.0 Å². The molecule has 1 N–H and O–H groups in total. The van der Waals surface area contributed by atoms with Gasteiger partial charge in [0.15, 0.2) is 15.6 Å². The summed E-state index contributed by atoms with van der Waals surface area (Å²) in [5.41, 5.74) is 2.06. The smallest absolute Gasteiger partial charge is 0.224 e. The number of aromatic nitrogens is 1. The quantitative estimate of drug-likeness (QED) is 0.465. The van der Waals surface area contributed by atoms with Gasteiger partial charge in [-0.25, -0.2) is 8.42 Å². The topological polar surface area (TPSA) is 102 Å². The first-order valence-electron chi connectivity index (χ1n) is 9.87. The number of nitrogens with zero attached hydrogens (tertiary/aromatic N) is 1. The molecule has 8 heteroatoms. The van der Waals surface area contributed by atoms with Gasteiger partial charge in [-0.2, -0.15) is 0 Å². The molecule has 1 amide bonds. The molecule has 0 aliphatic rings. The van der Waals surface area contributed by atoms with Gasteiger partial charge in [0, 0.05) is 11.5 Å². The minimum absolute atomic E-state index is 0.135. The summed E-state index contributed by atoms with van der Waals surface area (Å²) >= 11 is 0. The fraction of sp³-hybridized carbons (Fsp3) is 0.217. The molecule has 0 bridgehead atoms. The maximum absolute atomic E-state index is 12.3. The van der Waals surface area contributed by atoms with Crippen molar-refractivity contribution in [2.45, 2.75) is 37.0 Å². The molecule has 0 aliphatic carbocycles. The van der Waals surface area contributed by atoms with Gasteiger partial charge in [0.25, 0.3) is 0 Å². The van der Waals surface area contributed by atoms with Gasteiger partial charge in [-0.15, -0.1) is 0 Å². The lowest BCUT2D eigenvalue weighted by atomic mass is 10.1. The molecule has 0 spiro atoms. The van der Waals surface area contributed by atoms with E-state index in [1.807, 2.05) is 30.3 Å². The van der Waals surface area contributed by atoms with Crippen molar-refractivity contribution in [3.8, 4) is 11.5 Å². The maximum Gasteiger partial charge on any atom is 0.224 e. The molecule has 160 valence electrons. The van der Waals surface area contributed by atoms with Crippen LogP contribution in [0, 0.1) is 0 Å². The van der Waals surface area contributed by atoms with E-state index >= 15 is 0 Å². The Morgan fingerprint density at radius 2 is 1.77 bits per heavy atom. The molecule has 31 heavy (non-hydrogen) atoms. The summed E-state index contributed by atoms with van der Waals surface area (Å²) in [4.78, 5) is 12.5. The predicted octanol–water partition coefficient (Wildman–Crippen LogP) is 4.13. The summed E-state index contributed by atoms with van der Waals surface area (Å²) in [6.45, 7) is 3.49. The van der Waals surface area contributed by atoms with E-state index in [1.165, 1.54) is 12.1 Å². The molecule has 4 aromatic rings. The number of benzene rings is 2. The van der Waals surface area contributed by atoms with Gasteiger partial charge in [0.1, 0.15) is 11.3 Å². The molecular weight excluding hydrogens is 416 g/mol. The Balaban J connectivity index is 1.35. The van der Waals surface area contributed by atoms with E-state index in [2.05, 4.69) is 10.5 Å². The number of nitrogens with one attached hydrogen (secondary N) is 1. The minimum Gasteiger partial charge on any atom is -0.453 e. The molecular formula is C23H22N2O5S. The van der Waals surface area contributed by atoms with Crippen LogP contribution in [0.3, 0.4) is 0 Å². The lowest BCUT2D eigenvalue weighted by molar-refractivity contribution is -0.120. The summed E-state index contributed by atoms with van der Waals surface area (Å²) in [5.74, 6) is 0.859. The monoisotopic (exact) mass is 438 g/mol. The van der Waals surface area contributed by atoms with Crippen LogP contribution in [0.5, 0.6) is 0 Å². The molecule has 0 fully saturated rings. The number of rotatable bonds is 7. The van der Waals surface area contributed by atoms with E-state index < -0.39 is 15.1 Å². The Labute approximate surface area is 180 Å². The van der Waals surface area contributed by atoms with Crippen LogP contribution in [0.15, 0.2) is 74.5 Å². The van der Waals surface area contributed by atoms with Gasteiger partial charge in [-0.05, 0) is 43.7 Å². The minimum atomic E-state index is -3.32. The number of amides is 1. The standard InChI is InChI=1S/C23H22N2O5S/c1-15(2)31(27,28)19-9-7-16(8-10-19)11-23(26)24-14-18-13-22(30-25-18)21-12-17-5-3-4-6-20(17)29-21/h3-10,12-13,15H,11,14H2,1-2H3,(H,24,26). The van der Waals surface area contributed by atoms with Crippen LogP contribution >= 0.6 is 0 Å². The maximum atomic E-state index is 12.3. The second-order valence-electron chi connectivity index (χ2n) is 7.52. The summed E-state index contributed by atoms with van der Waals surface area (Å²) in [7, 11) is -3.32. The number of hydrogen-bond donors (Lipinski definition) is 1. The third-order valence-corrected chi connectivity index (χ3v) is 7.10. The predicted molar refractivity (Wildman–Crippen MR) is 116 cm³/mol. The third kappa shape index (κ3) is 4.54. The first kappa shape index (κ1) is 20.9. The molecule has 0 saturated carbocycles. The Bertz CT molecular complexity index is 1280. The van der Waals surface area contributed by atoms with Crippen LogP contribution in [0.25, 0.3) is 22.5 Å². The lowest BCUT2D eigenvalue weighted by Crippen LogP contribution is -2.24. The number of fused-ring (bicyclic) bond motifs is 1. The SMILES string of the molecule is CC(C)S(=O)(=O)c1ccc(CC(=O)NCc2cc(-c3cc4ccccc4o3)on2)cc1. The first-order valence-corrected chi connectivity index (χ1v) is 11.4. The molecule has 2 aromatic heterocycles. The molecule has 0 radical (unpaired) electrons. The van der Waals surface area contributed by atoms with E-state index in [-0.39, 0.29) is 23.8 Å². The Kier molecular flexibility index (Phi) is 5.65. The number of sulfone groups is 1. The molecule has 2 heterocycles. The van der Waals surface area contributed by atoms with Gasteiger partial charge in [-0.1, -0.05) is 35.5 Å². The van der Waals surface area contributed by atoms with Crippen molar-refractivity contribution in [2.24, 2.45) is 0 Å². The zero-order valence-electron chi connectivity index (χ0n) is 17.2. The summed E-state index contributed by atoms with van der Waals surface area (Å²) in [6.07, 6.45) is 0.135. The number of hydrogen-bond acceptors (Lipinski definition) is 6. The van der Waals surface area contributed by atoms with Gasteiger partial charge >= 0.3 is 0 Å². The molecule has 0 unspecified atom stereocenters. The van der Waals surface area contributed by atoms with Crippen LogP contribution in [-0.2, 0) is 27.6 Å². The summed E-state index contributed by atoms with van der Waals surface area (Å²) in [6, 6.07) is 17.6. The average Bonchev–Trinajstić information content (AvgIpc) is 3.39. The molecule has 0 atom stereocenters. The van der Waals surface area contributed by atoms with Crippen molar-refractivity contribution in [1.82, 2.24) is 10.5 Å². The van der Waals surface area contributed by atoms with Gasteiger partial charge in [-0.3, -0.25) is 4.79 Å². The van der Waals surface area contributed by atoms with Crippen LogP contribution in [0.1, 0.15) is 25.1 Å². The van der Waals surface area contributed by atoms with Crippen molar-refractivity contribution < 1.29 is 22.2 Å². The number of furan rings is 1. The van der Waals surface area contributed by atoms with E-state index in [4.69, 9.17) is 8.94 Å². The second-order valence-corrected chi connectivity index (χ2v) is 10.0. The fourth-order valence-electron chi connectivity index (χ4n) is 3.12. The Morgan fingerprint density at radius 1 is 1.03 bits per heavy atom. The van der Waals surface area contributed by atoms with Crippen LogP contribution in [-0.4, -0.2) is 24.7 Å². The molecule has 0 saturated heterocycles. The molecule has 4 rings (SSSR count). The summed E-state index contributed by atoms with van der Waals surface area (Å²) < 4.78 is 35.5. The lowest BCUT2D eigenvalue weighted by Gasteiger charge is -2.08. The summed E-state index contributed by atoms with van der Waals surface area (Å²) in [5, 5.41) is 7.25. The van der Waals surface area contributed by atoms with Gasteiger partial charge in [0.05, 0.1) is 23.1 Å². The fourth-order valence-corrected chi connectivity index (χ4v) is 4.18. The van der Waals surface area contributed by atoms with Crippen molar-refractivity contribution in [3.05, 3.63) is 71.9 Å². The van der Waals surface area contributed by atoms with Crippen molar-refractivity contribution >= 4 is 26.7 Å². The van der Waals surface area contributed by atoms with E-state index in [9.17, 15) is 13.2 Å². The Morgan fingerprint density at radius 3 is 2.48 bits per heavy atom. The zero-order chi connectivity index (χ0) is 22.0. The normalized spacial score (nSPS) is 11.8. The van der Waals surface area contributed by atoms with Gasteiger partial charge in [0.2, 0.25) is 11.7 Å². The van der Waals surface area contributed by atoms with Crippen LogP contribution in [0.4, 0.5) is 0 Å². The Hall–Kier alpha value is -3.39. The van der Waals surface area contributed by atoms with Crippen LogP contribution in [0.2, 0.25) is 0 Å². The molecule has 7 nitrogen and oxygen atoms in total. The van der Waals surface area contributed by atoms with Crippen molar-refractivity contribution in [3.63, 3.8) is 0 Å². The van der Waals surface area contributed by atoms with Crippen LogP contribution < -0.4 is 5.32 Å². The molecule has 2 aromatic carbocycles. The highest BCUT2D eigenvalue weighted by Gasteiger charge is 2.19. The number of carbonyl (C=O) groups excluding carboxylic acids is 1. The number of carbonyl (C=O) groups is 1. The zero-order valence-corrected chi connectivity index (χ0v) is 18.0. The third-order valence-electron chi connectivity index (χ3n) is 4.93. The van der Waals surface area contributed by atoms with E-state index in [0.717, 1.165) is 16.5 Å². The van der Waals surface area contributed by atoms with Crippen molar-refractivity contribution in [2.75, 3.05) is 0 Å². The molecule has 0 aliphatic heterocycles. The average molecular weight is 439 g/mol. The van der Waals surface area contributed by atoms with Crippen molar-refractivity contribution in [1.29, 1.82) is 0 Å². The second kappa shape index (κ2) is 8.39. The highest BCUT2D eigenvalue weighted by atomic mass is 32.2. The van der Waals surface area contributed by atoms with Gasteiger partial charge < -0.3 is 14.3 Å². The highest BCUT2D eigenvalue weighted by molar-refractivity contribution is 7.92. The first-order chi connectivity index (χ1) is 14.8.